The van der Waals surface area contributed by atoms with Crippen LogP contribution < -0.4 is 16.0 Å². The maximum Gasteiger partial charge on any atom is 0.408 e. The van der Waals surface area contributed by atoms with E-state index in [1.165, 1.54) is 5.56 Å². The van der Waals surface area contributed by atoms with Crippen molar-refractivity contribution in [2.45, 2.75) is 65.8 Å². The fraction of sp³-hybridized carbons (Fsp3) is 0.522. The van der Waals surface area contributed by atoms with Crippen LogP contribution in [-0.2, 0) is 17.8 Å². The van der Waals surface area contributed by atoms with Gasteiger partial charge in [0.1, 0.15) is 5.60 Å². The minimum atomic E-state index is -0.534. The molecule has 170 valence electrons. The van der Waals surface area contributed by atoms with Crippen molar-refractivity contribution >= 4 is 12.1 Å². The standard InChI is InChI=1S/C23H36N6O2/c1-7-24-20(26-17-23(5,6)28-21(30)31-22(2,3)4)25-15-18-11-8-9-12-19(18)16-29-14-10-13-27-29/h8-14H,7,15-17H2,1-6H3,(H,28,30)(H2,24,25,26). The van der Waals surface area contributed by atoms with Crippen molar-refractivity contribution in [2.75, 3.05) is 13.1 Å². The third-order valence-electron chi connectivity index (χ3n) is 4.30. The second kappa shape index (κ2) is 10.8. The van der Waals surface area contributed by atoms with Gasteiger partial charge in [0.15, 0.2) is 5.96 Å². The molecule has 1 aromatic heterocycles. The SMILES string of the molecule is CCNC(=NCc1ccccc1Cn1cccn1)NCC(C)(C)NC(=O)OC(C)(C)C. The Bertz CT molecular complexity index is 853. The zero-order valence-corrected chi connectivity index (χ0v) is 19.5. The highest BCUT2D eigenvalue weighted by atomic mass is 16.6. The third kappa shape index (κ3) is 9.11. The Labute approximate surface area is 185 Å². The van der Waals surface area contributed by atoms with Crippen LogP contribution in [0.5, 0.6) is 0 Å². The molecule has 0 saturated carbocycles. The van der Waals surface area contributed by atoms with Gasteiger partial charge in [-0.2, -0.15) is 5.10 Å². The van der Waals surface area contributed by atoms with Crippen molar-refractivity contribution in [3.8, 4) is 0 Å². The van der Waals surface area contributed by atoms with Gasteiger partial charge in [-0.3, -0.25) is 4.68 Å². The summed E-state index contributed by atoms with van der Waals surface area (Å²) >= 11 is 0. The summed E-state index contributed by atoms with van der Waals surface area (Å²) in [5.74, 6) is 0.690. The van der Waals surface area contributed by atoms with Gasteiger partial charge in [0, 0.05) is 25.5 Å². The number of ether oxygens (including phenoxy) is 1. The molecule has 0 radical (unpaired) electrons. The number of benzene rings is 1. The molecular formula is C23H36N6O2. The first-order chi connectivity index (χ1) is 14.6. The number of rotatable bonds is 8. The van der Waals surface area contributed by atoms with Crippen LogP contribution >= 0.6 is 0 Å². The maximum atomic E-state index is 12.1. The van der Waals surface area contributed by atoms with Crippen molar-refractivity contribution in [2.24, 2.45) is 4.99 Å². The second-order valence-corrected chi connectivity index (χ2v) is 9.03. The first-order valence-electron chi connectivity index (χ1n) is 10.7. The number of hydrogen-bond acceptors (Lipinski definition) is 4. The number of nitrogens with one attached hydrogen (secondary N) is 3. The van der Waals surface area contributed by atoms with Crippen LogP contribution in [-0.4, -0.2) is 46.1 Å². The summed E-state index contributed by atoms with van der Waals surface area (Å²) in [4.78, 5) is 16.8. The smallest absolute Gasteiger partial charge is 0.408 e. The molecule has 2 rings (SSSR count). The number of carbonyl (C=O) groups is 1. The summed E-state index contributed by atoms with van der Waals surface area (Å²) in [6, 6.07) is 10.1. The Morgan fingerprint density at radius 2 is 1.81 bits per heavy atom. The summed E-state index contributed by atoms with van der Waals surface area (Å²) in [5.41, 5.74) is 1.27. The molecular weight excluding hydrogens is 392 g/mol. The number of aromatic nitrogens is 2. The molecule has 0 spiro atoms. The topological polar surface area (TPSA) is 92.6 Å². The maximum absolute atomic E-state index is 12.1. The van der Waals surface area contributed by atoms with Crippen molar-refractivity contribution in [3.63, 3.8) is 0 Å². The van der Waals surface area contributed by atoms with Gasteiger partial charge in [0.05, 0.1) is 18.6 Å². The van der Waals surface area contributed by atoms with Crippen molar-refractivity contribution in [1.82, 2.24) is 25.7 Å². The fourth-order valence-corrected chi connectivity index (χ4v) is 2.87. The Hall–Kier alpha value is -3.03. The van der Waals surface area contributed by atoms with Gasteiger partial charge in [-0.25, -0.2) is 9.79 Å². The molecule has 0 atom stereocenters. The van der Waals surface area contributed by atoms with Crippen LogP contribution in [0.25, 0.3) is 0 Å². The van der Waals surface area contributed by atoms with E-state index in [1.54, 1.807) is 6.20 Å². The van der Waals surface area contributed by atoms with Crippen LogP contribution in [0.15, 0.2) is 47.7 Å². The average Bonchev–Trinajstić information content (AvgIpc) is 3.16. The minimum Gasteiger partial charge on any atom is -0.444 e. The molecule has 1 amide bonds. The fourth-order valence-electron chi connectivity index (χ4n) is 2.87. The van der Waals surface area contributed by atoms with E-state index in [-0.39, 0.29) is 0 Å². The summed E-state index contributed by atoms with van der Waals surface area (Å²) in [6.45, 7) is 13.9. The molecule has 8 nitrogen and oxygen atoms in total. The van der Waals surface area contributed by atoms with Crippen LogP contribution in [0, 0.1) is 0 Å². The molecule has 0 saturated heterocycles. The lowest BCUT2D eigenvalue weighted by molar-refractivity contribution is 0.0474. The van der Waals surface area contributed by atoms with E-state index in [0.29, 0.717) is 25.6 Å². The van der Waals surface area contributed by atoms with E-state index in [2.05, 4.69) is 33.2 Å². The molecule has 0 fully saturated rings. The van der Waals surface area contributed by atoms with Crippen LogP contribution in [0.2, 0.25) is 0 Å². The number of carbonyl (C=O) groups excluding carboxylic acids is 1. The number of amides is 1. The third-order valence-corrected chi connectivity index (χ3v) is 4.30. The van der Waals surface area contributed by atoms with E-state index >= 15 is 0 Å². The Balaban J connectivity index is 2.00. The van der Waals surface area contributed by atoms with Crippen LogP contribution in [0.3, 0.4) is 0 Å². The predicted octanol–water partition coefficient (Wildman–Crippen LogP) is 3.29. The first kappa shape index (κ1) is 24.2. The normalized spacial score (nSPS) is 12.4. The first-order valence-corrected chi connectivity index (χ1v) is 10.7. The number of hydrogen-bond donors (Lipinski definition) is 3. The quantitative estimate of drug-likeness (QED) is 0.443. The molecule has 31 heavy (non-hydrogen) atoms. The molecule has 8 heteroatoms. The minimum absolute atomic E-state index is 0.436. The number of alkyl carbamates (subject to hydrolysis) is 1. The molecule has 2 aromatic rings. The van der Waals surface area contributed by atoms with Gasteiger partial charge in [-0.15, -0.1) is 0 Å². The van der Waals surface area contributed by atoms with Crippen molar-refractivity contribution in [1.29, 1.82) is 0 Å². The monoisotopic (exact) mass is 428 g/mol. The second-order valence-electron chi connectivity index (χ2n) is 9.03. The van der Waals surface area contributed by atoms with Crippen molar-refractivity contribution < 1.29 is 9.53 Å². The zero-order valence-electron chi connectivity index (χ0n) is 19.5. The molecule has 0 aliphatic heterocycles. The predicted molar refractivity (Wildman–Crippen MR) is 124 cm³/mol. The highest BCUT2D eigenvalue weighted by Crippen LogP contribution is 2.12. The lowest BCUT2D eigenvalue weighted by atomic mass is 10.1. The molecule has 0 aliphatic carbocycles. The van der Waals surface area contributed by atoms with E-state index in [4.69, 9.17) is 9.73 Å². The molecule has 1 aromatic carbocycles. The van der Waals surface area contributed by atoms with E-state index in [9.17, 15) is 4.79 Å². The van der Waals surface area contributed by atoms with E-state index < -0.39 is 17.2 Å². The summed E-state index contributed by atoms with van der Waals surface area (Å²) in [6.07, 6.45) is 3.29. The lowest BCUT2D eigenvalue weighted by Crippen LogP contribution is -2.54. The van der Waals surface area contributed by atoms with E-state index in [1.807, 2.05) is 70.6 Å². The largest absolute Gasteiger partial charge is 0.444 e. The summed E-state index contributed by atoms with van der Waals surface area (Å²) < 4.78 is 7.26. The summed E-state index contributed by atoms with van der Waals surface area (Å²) in [5, 5.41) is 13.8. The lowest BCUT2D eigenvalue weighted by Gasteiger charge is -2.29. The number of nitrogens with zero attached hydrogens (tertiary/aromatic N) is 3. The Morgan fingerprint density at radius 3 is 2.42 bits per heavy atom. The van der Waals surface area contributed by atoms with Gasteiger partial charge in [-0.1, -0.05) is 24.3 Å². The number of aliphatic imine (C=N–C) groups is 1. The van der Waals surface area contributed by atoms with Gasteiger partial charge in [0.2, 0.25) is 0 Å². The highest BCUT2D eigenvalue weighted by molar-refractivity contribution is 5.80. The molecule has 3 N–H and O–H groups in total. The highest BCUT2D eigenvalue weighted by Gasteiger charge is 2.24. The number of guanidine groups is 1. The summed E-state index contributed by atoms with van der Waals surface area (Å²) in [7, 11) is 0. The molecule has 0 bridgehead atoms. The molecule has 0 unspecified atom stereocenters. The molecule has 0 aliphatic rings. The Morgan fingerprint density at radius 1 is 1.10 bits per heavy atom. The van der Waals surface area contributed by atoms with Gasteiger partial charge in [0.25, 0.3) is 0 Å². The Kier molecular flexibility index (Phi) is 8.47. The average molecular weight is 429 g/mol. The van der Waals surface area contributed by atoms with Crippen LogP contribution in [0.1, 0.15) is 52.7 Å². The molecule has 1 heterocycles. The zero-order chi connectivity index (χ0) is 22.9. The van der Waals surface area contributed by atoms with Gasteiger partial charge < -0.3 is 20.7 Å². The van der Waals surface area contributed by atoms with Gasteiger partial charge in [-0.05, 0) is 58.7 Å². The van der Waals surface area contributed by atoms with Gasteiger partial charge >= 0.3 is 6.09 Å². The van der Waals surface area contributed by atoms with E-state index in [0.717, 1.165) is 12.1 Å². The van der Waals surface area contributed by atoms with Crippen molar-refractivity contribution in [3.05, 3.63) is 53.9 Å². The van der Waals surface area contributed by atoms with Crippen LogP contribution in [0.4, 0.5) is 4.79 Å².